The fourth-order valence-electron chi connectivity index (χ4n) is 1.29. The molecule has 1 aromatic rings. The smallest absolute Gasteiger partial charge is 0.319 e. The highest BCUT2D eigenvalue weighted by Gasteiger charge is 2.11. The van der Waals surface area contributed by atoms with E-state index in [4.69, 9.17) is 32.7 Å². The minimum absolute atomic E-state index is 0.341. The number of urea groups is 1. The Kier molecular flexibility index (Phi) is 5.88. The number of hydrogen-bond donors (Lipinski definition) is 2. The Balaban J connectivity index is 2.87. The molecule has 0 spiro atoms. The van der Waals surface area contributed by atoms with Crippen LogP contribution in [0.2, 0.25) is 5.02 Å². The second-order valence-electron chi connectivity index (χ2n) is 3.26. The number of amides is 2. The van der Waals surface area contributed by atoms with Gasteiger partial charge in [-0.3, -0.25) is 0 Å². The number of carbonyl (C=O) groups excluding carboxylic acids is 1. The van der Waals surface area contributed by atoms with E-state index in [9.17, 15) is 4.79 Å². The lowest BCUT2D eigenvalue weighted by atomic mass is 10.2. The summed E-state index contributed by atoms with van der Waals surface area (Å²) < 4.78 is 10.2. The van der Waals surface area contributed by atoms with E-state index in [1.165, 1.54) is 14.2 Å². The minimum atomic E-state index is -0.379. The highest BCUT2D eigenvalue weighted by atomic mass is 35.5. The third kappa shape index (κ3) is 3.85. The van der Waals surface area contributed by atoms with E-state index < -0.39 is 0 Å². The molecule has 1 aromatic carbocycles. The molecule has 0 aliphatic rings. The third-order valence-electron chi connectivity index (χ3n) is 2.10. The average molecular weight is 293 g/mol. The summed E-state index contributed by atoms with van der Waals surface area (Å²) in [7, 11) is 2.99. The molecule has 0 unspecified atom stereocenters. The molecule has 1 rings (SSSR count). The molecular weight excluding hydrogens is 279 g/mol. The summed E-state index contributed by atoms with van der Waals surface area (Å²) in [5.74, 6) is 1.27. The van der Waals surface area contributed by atoms with Gasteiger partial charge < -0.3 is 20.1 Å². The molecule has 0 aromatic heterocycles. The number of carbonyl (C=O) groups is 1. The molecule has 0 bridgehead atoms. The Bertz CT molecular complexity index is 427. The maximum atomic E-state index is 11.5. The molecule has 0 radical (unpaired) electrons. The first kappa shape index (κ1) is 14.7. The largest absolute Gasteiger partial charge is 0.495 e. The molecule has 7 heteroatoms. The summed E-state index contributed by atoms with van der Waals surface area (Å²) in [4.78, 5) is 11.5. The van der Waals surface area contributed by atoms with Gasteiger partial charge in [-0.15, -0.1) is 11.6 Å². The van der Waals surface area contributed by atoms with Crippen molar-refractivity contribution in [3.8, 4) is 11.5 Å². The van der Waals surface area contributed by atoms with Crippen LogP contribution in [0.4, 0.5) is 10.5 Å². The lowest BCUT2D eigenvalue weighted by Gasteiger charge is -2.13. The van der Waals surface area contributed by atoms with Crippen molar-refractivity contribution >= 4 is 34.9 Å². The highest BCUT2D eigenvalue weighted by Crippen LogP contribution is 2.35. The summed E-state index contributed by atoms with van der Waals surface area (Å²) in [5.41, 5.74) is 0.454. The van der Waals surface area contributed by atoms with Gasteiger partial charge in [-0.1, -0.05) is 11.6 Å². The molecule has 0 saturated heterocycles. The van der Waals surface area contributed by atoms with E-state index in [-0.39, 0.29) is 6.03 Å². The molecule has 100 valence electrons. The van der Waals surface area contributed by atoms with Crippen LogP contribution in [-0.4, -0.2) is 32.7 Å². The molecular formula is C11H14Cl2N2O3. The van der Waals surface area contributed by atoms with Crippen molar-refractivity contribution in [2.75, 3.05) is 32.0 Å². The Labute approximate surface area is 115 Å². The predicted molar refractivity (Wildman–Crippen MR) is 72.3 cm³/mol. The van der Waals surface area contributed by atoms with Gasteiger partial charge in [0.25, 0.3) is 0 Å². The zero-order valence-corrected chi connectivity index (χ0v) is 11.6. The highest BCUT2D eigenvalue weighted by molar-refractivity contribution is 6.32. The van der Waals surface area contributed by atoms with Gasteiger partial charge in [0.1, 0.15) is 11.5 Å². The van der Waals surface area contributed by atoms with Crippen LogP contribution in [0.15, 0.2) is 12.1 Å². The van der Waals surface area contributed by atoms with E-state index in [0.717, 1.165) is 0 Å². The number of methoxy groups -OCH3 is 2. The van der Waals surface area contributed by atoms with E-state index >= 15 is 0 Å². The van der Waals surface area contributed by atoms with Crippen LogP contribution < -0.4 is 20.1 Å². The van der Waals surface area contributed by atoms with E-state index in [0.29, 0.717) is 34.6 Å². The number of anilines is 1. The summed E-state index contributed by atoms with van der Waals surface area (Å²) >= 11 is 11.4. The Morgan fingerprint density at radius 3 is 2.50 bits per heavy atom. The number of benzene rings is 1. The second-order valence-corrected chi connectivity index (χ2v) is 4.04. The first-order valence-corrected chi connectivity index (χ1v) is 6.06. The standard InChI is InChI=1S/C11H14Cl2N2O3/c1-17-9-6-10(18-2)8(5-7(9)13)15-11(16)14-4-3-12/h5-6H,3-4H2,1-2H3,(H2,14,15,16). The third-order valence-corrected chi connectivity index (χ3v) is 2.59. The van der Waals surface area contributed by atoms with Crippen molar-refractivity contribution in [3.63, 3.8) is 0 Å². The molecule has 0 aliphatic carbocycles. The second kappa shape index (κ2) is 7.18. The van der Waals surface area contributed by atoms with Gasteiger partial charge in [0.05, 0.1) is 24.9 Å². The van der Waals surface area contributed by atoms with Crippen molar-refractivity contribution < 1.29 is 14.3 Å². The molecule has 2 amide bonds. The molecule has 0 heterocycles. The first-order valence-electron chi connectivity index (χ1n) is 5.14. The molecule has 18 heavy (non-hydrogen) atoms. The van der Waals surface area contributed by atoms with Crippen molar-refractivity contribution in [1.29, 1.82) is 0 Å². The summed E-state index contributed by atoms with van der Waals surface area (Å²) in [6.45, 7) is 0.375. The first-order chi connectivity index (χ1) is 8.62. The van der Waals surface area contributed by atoms with Crippen LogP contribution in [0.25, 0.3) is 0 Å². The summed E-state index contributed by atoms with van der Waals surface area (Å²) in [5, 5.41) is 5.56. The zero-order chi connectivity index (χ0) is 13.5. The maximum absolute atomic E-state index is 11.5. The van der Waals surface area contributed by atoms with Crippen LogP contribution in [-0.2, 0) is 0 Å². The number of ether oxygens (including phenoxy) is 2. The molecule has 0 saturated carbocycles. The Morgan fingerprint density at radius 1 is 1.28 bits per heavy atom. The molecule has 0 aliphatic heterocycles. The van der Waals surface area contributed by atoms with Crippen LogP contribution in [0, 0.1) is 0 Å². The zero-order valence-electron chi connectivity index (χ0n) is 10.0. The van der Waals surface area contributed by atoms with Crippen molar-refractivity contribution in [2.45, 2.75) is 0 Å². The lowest BCUT2D eigenvalue weighted by Crippen LogP contribution is -2.30. The van der Waals surface area contributed by atoms with Crippen LogP contribution in [0.5, 0.6) is 11.5 Å². The minimum Gasteiger partial charge on any atom is -0.495 e. The predicted octanol–water partition coefficient (Wildman–Crippen LogP) is 2.72. The van der Waals surface area contributed by atoms with Gasteiger partial charge >= 0.3 is 6.03 Å². The lowest BCUT2D eigenvalue weighted by molar-refractivity contribution is 0.252. The van der Waals surface area contributed by atoms with E-state index in [1.54, 1.807) is 12.1 Å². The summed E-state index contributed by atoms with van der Waals surface area (Å²) in [6, 6.07) is 2.77. The number of alkyl halides is 1. The number of nitrogens with one attached hydrogen (secondary N) is 2. The molecule has 5 nitrogen and oxygen atoms in total. The monoisotopic (exact) mass is 292 g/mol. The maximum Gasteiger partial charge on any atom is 0.319 e. The number of halogens is 2. The van der Waals surface area contributed by atoms with Gasteiger partial charge in [0.2, 0.25) is 0 Å². The van der Waals surface area contributed by atoms with Gasteiger partial charge in [0, 0.05) is 18.5 Å². The Morgan fingerprint density at radius 2 is 1.94 bits per heavy atom. The van der Waals surface area contributed by atoms with Crippen LogP contribution in [0.3, 0.4) is 0 Å². The van der Waals surface area contributed by atoms with Gasteiger partial charge in [-0.25, -0.2) is 4.79 Å². The normalized spacial score (nSPS) is 9.78. The average Bonchev–Trinajstić information content (AvgIpc) is 2.36. The molecule has 0 fully saturated rings. The van der Waals surface area contributed by atoms with Crippen molar-refractivity contribution in [2.24, 2.45) is 0 Å². The SMILES string of the molecule is COc1cc(OC)c(NC(=O)NCCCl)cc1Cl. The topological polar surface area (TPSA) is 59.6 Å². The fourth-order valence-corrected chi connectivity index (χ4v) is 1.62. The fraction of sp³-hybridized carbons (Fsp3) is 0.364. The van der Waals surface area contributed by atoms with Crippen LogP contribution in [0.1, 0.15) is 0 Å². The van der Waals surface area contributed by atoms with E-state index in [2.05, 4.69) is 10.6 Å². The molecule has 0 atom stereocenters. The van der Waals surface area contributed by atoms with Gasteiger partial charge in [0.15, 0.2) is 0 Å². The Hall–Kier alpha value is -1.33. The number of hydrogen-bond acceptors (Lipinski definition) is 3. The van der Waals surface area contributed by atoms with Crippen LogP contribution >= 0.6 is 23.2 Å². The van der Waals surface area contributed by atoms with E-state index in [1.807, 2.05) is 0 Å². The quantitative estimate of drug-likeness (QED) is 0.821. The number of rotatable bonds is 5. The van der Waals surface area contributed by atoms with Crippen molar-refractivity contribution in [3.05, 3.63) is 17.2 Å². The van der Waals surface area contributed by atoms with Gasteiger partial charge in [-0.05, 0) is 6.07 Å². The molecule has 2 N–H and O–H groups in total. The van der Waals surface area contributed by atoms with Gasteiger partial charge in [-0.2, -0.15) is 0 Å². The van der Waals surface area contributed by atoms with Crippen molar-refractivity contribution in [1.82, 2.24) is 5.32 Å². The summed E-state index contributed by atoms with van der Waals surface area (Å²) in [6.07, 6.45) is 0.